The van der Waals surface area contributed by atoms with Gasteiger partial charge < -0.3 is 5.11 Å². The summed E-state index contributed by atoms with van der Waals surface area (Å²) in [6, 6.07) is 7.66. The Morgan fingerprint density at radius 3 is 2.94 bits per heavy atom. The van der Waals surface area contributed by atoms with Gasteiger partial charge >= 0.3 is 0 Å². The number of benzene rings is 1. The summed E-state index contributed by atoms with van der Waals surface area (Å²) in [6.07, 6.45) is 4.20. The first-order chi connectivity index (χ1) is 8.36. The Labute approximate surface area is 97.1 Å². The molecule has 3 rings (SSSR count). The lowest BCUT2D eigenvalue weighted by atomic mass is 10.0. The Hall–Kier alpha value is -2.27. The van der Waals surface area contributed by atoms with Gasteiger partial charge in [0.05, 0.1) is 6.20 Å². The average Bonchev–Trinajstić information content (AvgIpc) is 2.91. The number of aliphatic hydroxyl groups is 1. The van der Waals surface area contributed by atoms with E-state index >= 15 is 0 Å². The highest BCUT2D eigenvalue weighted by Gasteiger charge is 2.15. The molecule has 17 heavy (non-hydrogen) atoms. The molecule has 3 aromatic rings. The molecule has 0 aliphatic carbocycles. The van der Waals surface area contributed by atoms with Gasteiger partial charge in [-0.25, -0.2) is 0 Å². The van der Waals surface area contributed by atoms with E-state index < -0.39 is 6.10 Å². The van der Waals surface area contributed by atoms with Gasteiger partial charge in [0.2, 0.25) is 0 Å². The maximum atomic E-state index is 10.2. The second-order valence-electron chi connectivity index (χ2n) is 3.74. The predicted octanol–water partition coefficient (Wildman–Crippen LogP) is 1.43. The number of nitrogens with zero attached hydrogens (tertiary/aromatic N) is 3. The number of aliphatic hydroxyl groups excluding tert-OH is 1. The van der Waals surface area contributed by atoms with Gasteiger partial charge in [0.15, 0.2) is 0 Å². The molecule has 0 saturated heterocycles. The zero-order valence-electron chi connectivity index (χ0n) is 8.91. The van der Waals surface area contributed by atoms with Crippen LogP contribution in [-0.2, 0) is 0 Å². The number of fused-ring (bicyclic) bond motifs is 1. The molecule has 1 unspecified atom stereocenters. The summed E-state index contributed by atoms with van der Waals surface area (Å²) in [4.78, 5) is 4.08. The van der Waals surface area contributed by atoms with E-state index in [1.165, 1.54) is 6.20 Å². The van der Waals surface area contributed by atoms with Crippen LogP contribution in [0.25, 0.3) is 10.8 Å². The summed E-state index contributed by atoms with van der Waals surface area (Å²) in [5, 5.41) is 22.3. The summed E-state index contributed by atoms with van der Waals surface area (Å²) in [5.74, 6) is 0. The Bertz CT molecular complexity index is 631. The van der Waals surface area contributed by atoms with Gasteiger partial charge in [0.1, 0.15) is 11.8 Å². The third kappa shape index (κ3) is 1.66. The minimum absolute atomic E-state index is 0.501. The van der Waals surface area contributed by atoms with E-state index in [0.29, 0.717) is 5.69 Å². The van der Waals surface area contributed by atoms with Crippen LogP contribution in [0.3, 0.4) is 0 Å². The molecule has 1 aromatic carbocycles. The summed E-state index contributed by atoms with van der Waals surface area (Å²) in [6.45, 7) is 0. The largest absolute Gasteiger partial charge is 0.382 e. The zero-order chi connectivity index (χ0) is 11.7. The highest BCUT2D eigenvalue weighted by atomic mass is 16.3. The first kappa shape index (κ1) is 9.92. The molecule has 0 fully saturated rings. The van der Waals surface area contributed by atoms with Crippen LogP contribution in [0.1, 0.15) is 17.4 Å². The molecule has 0 bridgehead atoms. The smallest absolute Gasteiger partial charge is 0.125 e. The van der Waals surface area contributed by atoms with Gasteiger partial charge in [-0.3, -0.25) is 4.98 Å². The molecule has 0 radical (unpaired) electrons. The number of rotatable bonds is 2. The van der Waals surface area contributed by atoms with Crippen molar-refractivity contribution in [2.45, 2.75) is 6.10 Å². The van der Waals surface area contributed by atoms with Crippen LogP contribution < -0.4 is 0 Å². The molecule has 0 amide bonds. The van der Waals surface area contributed by atoms with Gasteiger partial charge in [-0.15, -0.1) is 0 Å². The van der Waals surface area contributed by atoms with Crippen LogP contribution >= 0.6 is 0 Å². The minimum atomic E-state index is -0.790. The van der Waals surface area contributed by atoms with Crippen molar-refractivity contribution in [2.75, 3.05) is 0 Å². The molecule has 2 aromatic heterocycles. The third-order valence-electron chi connectivity index (χ3n) is 2.73. The van der Waals surface area contributed by atoms with Crippen molar-refractivity contribution in [2.24, 2.45) is 0 Å². The molecule has 2 N–H and O–H groups in total. The summed E-state index contributed by atoms with van der Waals surface area (Å²) < 4.78 is 0. The van der Waals surface area contributed by atoms with Crippen molar-refractivity contribution >= 4 is 10.8 Å². The number of pyridine rings is 1. The van der Waals surface area contributed by atoms with E-state index in [9.17, 15) is 5.11 Å². The molecular formula is C12H10N4O. The SMILES string of the molecule is OC(c1cn[nH]n1)c1cccc2ccncc12. The van der Waals surface area contributed by atoms with Gasteiger partial charge in [0, 0.05) is 17.8 Å². The van der Waals surface area contributed by atoms with E-state index in [-0.39, 0.29) is 0 Å². The molecule has 5 heteroatoms. The number of nitrogens with one attached hydrogen (secondary N) is 1. The predicted molar refractivity (Wildman–Crippen MR) is 62.2 cm³/mol. The normalized spacial score (nSPS) is 12.8. The zero-order valence-corrected chi connectivity index (χ0v) is 8.91. The topological polar surface area (TPSA) is 74.7 Å². The number of H-pyrrole nitrogens is 1. The van der Waals surface area contributed by atoms with E-state index in [0.717, 1.165) is 16.3 Å². The van der Waals surface area contributed by atoms with Crippen molar-refractivity contribution in [3.8, 4) is 0 Å². The highest BCUT2D eigenvalue weighted by Crippen LogP contribution is 2.26. The Kier molecular flexibility index (Phi) is 2.31. The second kappa shape index (κ2) is 3.95. The second-order valence-corrected chi connectivity index (χ2v) is 3.74. The van der Waals surface area contributed by atoms with Gasteiger partial charge in [-0.1, -0.05) is 18.2 Å². The van der Waals surface area contributed by atoms with Crippen molar-refractivity contribution in [1.29, 1.82) is 0 Å². The van der Waals surface area contributed by atoms with Gasteiger partial charge in [-0.05, 0) is 17.0 Å². The fourth-order valence-corrected chi connectivity index (χ4v) is 1.88. The van der Waals surface area contributed by atoms with Crippen LogP contribution in [0.15, 0.2) is 42.9 Å². The van der Waals surface area contributed by atoms with E-state index in [2.05, 4.69) is 20.4 Å². The number of hydrogen-bond acceptors (Lipinski definition) is 4. The molecule has 0 aliphatic heterocycles. The molecule has 84 valence electrons. The number of aromatic amines is 1. The number of aromatic nitrogens is 4. The number of hydrogen-bond donors (Lipinski definition) is 2. The summed E-state index contributed by atoms with van der Waals surface area (Å²) in [5.41, 5.74) is 1.28. The lowest BCUT2D eigenvalue weighted by Gasteiger charge is -2.10. The quantitative estimate of drug-likeness (QED) is 0.693. The van der Waals surface area contributed by atoms with Crippen LogP contribution in [0.4, 0.5) is 0 Å². The van der Waals surface area contributed by atoms with Gasteiger partial charge in [-0.2, -0.15) is 15.4 Å². The monoisotopic (exact) mass is 226 g/mol. The maximum Gasteiger partial charge on any atom is 0.125 e. The summed E-state index contributed by atoms with van der Waals surface area (Å²) in [7, 11) is 0. The van der Waals surface area contributed by atoms with Crippen LogP contribution in [-0.4, -0.2) is 25.5 Å². The first-order valence-corrected chi connectivity index (χ1v) is 5.22. The molecule has 0 aliphatic rings. The lowest BCUT2D eigenvalue weighted by Crippen LogP contribution is -2.01. The molecule has 5 nitrogen and oxygen atoms in total. The average molecular weight is 226 g/mol. The van der Waals surface area contributed by atoms with E-state index in [4.69, 9.17) is 0 Å². The Balaban J connectivity index is 2.17. The van der Waals surface area contributed by atoms with Crippen LogP contribution in [0.5, 0.6) is 0 Å². The van der Waals surface area contributed by atoms with Crippen LogP contribution in [0.2, 0.25) is 0 Å². The summed E-state index contributed by atoms with van der Waals surface area (Å²) >= 11 is 0. The molecular weight excluding hydrogens is 216 g/mol. The fraction of sp³-hybridized carbons (Fsp3) is 0.0833. The first-order valence-electron chi connectivity index (χ1n) is 5.22. The fourth-order valence-electron chi connectivity index (χ4n) is 1.88. The molecule has 0 spiro atoms. The standard InChI is InChI=1S/C12H10N4O/c17-12(11-7-14-16-15-11)9-3-1-2-8-4-5-13-6-10(8)9/h1-7,12,17H,(H,14,15,16). The Morgan fingerprint density at radius 1 is 1.18 bits per heavy atom. The van der Waals surface area contributed by atoms with Crippen LogP contribution in [0, 0.1) is 0 Å². The van der Waals surface area contributed by atoms with E-state index in [1.807, 2.05) is 24.3 Å². The highest BCUT2D eigenvalue weighted by molar-refractivity contribution is 5.85. The molecule has 2 heterocycles. The van der Waals surface area contributed by atoms with Crippen molar-refractivity contribution in [1.82, 2.24) is 20.4 Å². The van der Waals surface area contributed by atoms with Crippen molar-refractivity contribution < 1.29 is 5.11 Å². The van der Waals surface area contributed by atoms with Crippen molar-refractivity contribution in [3.63, 3.8) is 0 Å². The molecule has 1 atom stereocenters. The maximum absolute atomic E-state index is 10.2. The molecule has 0 saturated carbocycles. The lowest BCUT2D eigenvalue weighted by molar-refractivity contribution is 0.216. The van der Waals surface area contributed by atoms with Crippen molar-refractivity contribution in [3.05, 3.63) is 54.1 Å². The van der Waals surface area contributed by atoms with E-state index in [1.54, 1.807) is 12.4 Å². The van der Waals surface area contributed by atoms with Gasteiger partial charge in [0.25, 0.3) is 0 Å². The Morgan fingerprint density at radius 2 is 2.12 bits per heavy atom. The minimum Gasteiger partial charge on any atom is -0.382 e. The third-order valence-corrected chi connectivity index (χ3v) is 2.73.